The standard InChI is InChI=1S/C21H29ClFN3O2.C2H6/c1-20(2,3)25-19(28)11-26-12-21(13-26)8-15(9-21)10-24-18(27)6-14-4-16(22)7-17(23)5-14;1-2/h4-5,7,15H,6,8-13H2,1-3H3,(H,24,27)(H,25,28);1-2H3. The minimum absolute atomic E-state index is 0.0722. The van der Waals surface area contributed by atoms with Crippen molar-refractivity contribution in [1.82, 2.24) is 15.5 Å². The number of carbonyl (C=O) groups excluding carboxylic acids is 2. The van der Waals surface area contributed by atoms with Crippen LogP contribution in [0.15, 0.2) is 18.2 Å². The fourth-order valence-corrected chi connectivity index (χ4v) is 4.71. The zero-order chi connectivity index (χ0) is 22.5. The van der Waals surface area contributed by atoms with Crippen LogP contribution in [0.5, 0.6) is 0 Å². The van der Waals surface area contributed by atoms with Gasteiger partial charge in [0.2, 0.25) is 11.8 Å². The fraction of sp³-hybridized carbons (Fsp3) is 0.652. The summed E-state index contributed by atoms with van der Waals surface area (Å²) in [7, 11) is 0. The van der Waals surface area contributed by atoms with Gasteiger partial charge in [-0.2, -0.15) is 0 Å². The first-order valence-corrected chi connectivity index (χ1v) is 11.1. The summed E-state index contributed by atoms with van der Waals surface area (Å²) in [5, 5.41) is 6.24. The zero-order valence-corrected chi connectivity index (χ0v) is 19.5. The van der Waals surface area contributed by atoms with E-state index in [-0.39, 0.29) is 23.8 Å². The van der Waals surface area contributed by atoms with Crippen molar-refractivity contribution >= 4 is 23.4 Å². The van der Waals surface area contributed by atoms with Gasteiger partial charge in [0.25, 0.3) is 0 Å². The van der Waals surface area contributed by atoms with Crippen LogP contribution in [0, 0.1) is 17.2 Å². The number of halogens is 2. The summed E-state index contributed by atoms with van der Waals surface area (Å²) in [6.45, 7) is 13.0. The van der Waals surface area contributed by atoms with E-state index in [0.29, 0.717) is 35.0 Å². The highest BCUT2D eigenvalue weighted by atomic mass is 35.5. The number of hydrogen-bond donors (Lipinski definition) is 2. The third-order valence-electron chi connectivity index (χ3n) is 5.32. The lowest BCUT2D eigenvalue weighted by atomic mass is 9.57. The third-order valence-corrected chi connectivity index (χ3v) is 5.54. The third kappa shape index (κ3) is 7.24. The molecule has 0 bridgehead atoms. The molecule has 168 valence electrons. The van der Waals surface area contributed by atoms with Gasteiger partial charge in [-0.1, -0.05) is 25.4 Å². The molecule has 0 atom stereocenters. The van der Waals surface area contributed by atoms with Crippen molar-refractivity contribution in [3.05, 3.63) is 34.6 Å². The Labute approximate surface area is 184 Å². The fourth-order valence-electron chi connectivity index (χ4n) is 4.46. The number of nitrogens with zero attached hydrogens (tertiary/aromatic N) is 1. The van der Waals surface area contributed by atoms with E-state index in [9.17, 15) is 14.0 Å². The number of carbonyl (C=O) groups is 2. The Morgan fingerprint density at radius 2 is 1.80 bits per heavy atom. The summed E-state index contributed by atoms with van der Waals surface area (Å²) in [6.07, 6.45) is 2.29. The minimum Gasteiger partial charge on any atom is -0.356 e. The Morgan fingerprint density at radius 3 is 2.37 bits per heavy atom. The topological polar surface area (TPSA) is 61.4 Å². The SMILES string of the molecule is CC.CC(C)(C)NC(=O)CN1CC2(CC(CNC(=O)Cc3cc(F)cc(Cl)c3)C2)C1. The molecule has 2 amide bonds. The molecule has 1 aliphatic carbocycles. The Hall–Kier alpha value is -1.66. The van der Waals surface area contributed by atoms with E-state index in [1.807, 2.05) is 34.6 Å². The molecule has 1 spiro atoms. The number of rotatable bonds is 6. The maximum Gasteiger partial charge on any atom is 0.234 e. The molecule has 0 unspecified atom stereocenters. The Morgan fingerprint density at radius 1 is 1.17 bits per heavy atom. The van der Waals surface area contributed by atoms with Gasteiger partial charge in [0.1, 0.15) is 5.82 Å². The number of amides is 2. The summed E-state index contributed by atoms with van der Waals surface area (Å²) in [6, 6.07) is 4.18. The largest absolute Gasteiger partial charge is 0.356 e. The molecule has 2 N–H and O–H groups in total. The number of nitrogens with one attached hydrogen (secondary N) is 2. The van der Waals surface area contributed by atoms with E-state index in [4.69, 9.17) is 11.6 Å². The predicted octanol–water partition coefficient (Wildman–Crippen LogP) is 3.79. The zero-order valence-electron chi connectivity index (χ0n) is 18.8. The molecule has 1 aromatic rings. The van der Waals surface area contributed by atoms with Gasteiger partial charge >= 0.3 is 0 Å². The molecular weight excluding hydrogens is 405 g/mol. The van der Waals surface area contributed by atoms with E-state index in [1.165, 1.54) is 12.1 Å². The summed E-state index contributed by atoms with van der Waals surface area (Å²) in [5.74, 6) is 0.00666. The molecule has 30 heavy (non-hydrogen) atoms. The average Bonchev–Trinajstić information content (AvgIpc) is 2.54. The molecule has 2 fully saturated rings. The predicted molar refractivity (Wildman–Crippen MR) is 119 cm³/mol. The van der Waals surface area contributed by atoms with Crippen LogP contribution < -0.4 is 10.6 Å². The van der Waals surface area contributed by atoms with Gasteiger partial charge in [-0.05, 0) is 68.7 Å². The van der Waals surface area contributed by atoms with Crippen molar-refractivity contribution in [2.75, 3.05) is 26.2 Å². The van der Waals surface area contributed by atoms with Crippen molar-refractivity contribution in [3.8, 4) is 0 Å². The first-order chi connectivity index (χ1) is 14.0. The highest BCUT2D eigenvalue weighted by molar-refractivity contribution is 6.30. The molecule has 3 rings (SSSR count). The van der Waals surface area contributed by atoms with Crippen molar-refractivity contribution in [3.63, 3.8) is 0 Å². The van der Waals surface area contributed by atoms with Crippen LogP contribution in [0.1, 0.15) is 53.0 Å². The van der Waals surface area contributed by atoms with Gasteiger partial charge in [-0.15, -0.1) is 0 Å². The van der Waals surface area contributed by atoms with Gasteiger partial charge in [0.05, 0.1) is 13.0 Å². The molecule has 1 aliphatic heterocycles. The highest BCUT2D eigenvalue weighted by Gasteiger charge is 2.52. The van der Waals surface area contributed by atoms with Gasteiger partial charge < -0.3 is 10.6 Å². The van der Waals surface area contributed by atoms with Crippen molar-refractivity contribution in [1.29, 1.82) is 0 Å². The molecule has 5 nitrogen and oxygen atoms in total. The molecular formula is C23H35ClFN3O2. The lowest BCUT2D eigenvalue weighted by Gasteiger charge is -2.59. The molecule has 1 saturated carbocycles. The van der Waals surface area contributed by atoms with E-state index in [0.717, 1.165) is 25.9 Å². The van der Waals surface area contributed by atoms with Gasteiger partial charge in [0.15, 0.2) is 0 Å². The number of likely N-dealkylation sites (tertiary alicyclic amines) is 1. The molecule has 0 radical (unpaired) electrons. The lowest BCUT2D eigenvalue weighted by molar-refractivity contribution is -0.134. The summed E-state index contributed by atoms with van der Waals surface area (Å²) in [4.78, 5) is 26.2. The first-order valence-electron chi connectivity index (χ1n) is 10.8. The second kappa shape index (κ2) is 10.1. The summed E-state index contributed by atoms with van der Waals surface area (Å²) in [5.41, 5.74) is 0.708. The second-order valence-electron chi connectivity index (χ2n) is 9.48. The van der Waals surface area contributed by atoms with Gasteiger partial charge in [-0.3, -0.25) is 14.5 Å². The molecule has 7 heteroatoms. The monoisotopic (exact) mass is 439 g/mol. The molecule has 0 aromatic heterocycles. The Bertz CT molecular complexity index is 729. The quantitative estimate of drug-likeness (QED) is 0.708. The van der Waals surface area contributed by atoms with E-state index >= 15 is 0 Å². The van der Waals surface area contributed by atoms with Crippen LogP contribution in [0.2, 0.25) is 5.02 Å². The second-order valence-corrected chi connectivity index (χ2v) is 9.91. The normalized spacial score (nSPS) is 18.0. The van der Waals surface area contributed by atoms with Crippen molar-refractivity contribution in [2.24, 2.45) is 11.3 Å². The number of benzene rings is 1. The Kier molecular flexibility index (Phi) is 8.28. The summed E-state index contributed by atoms with van der Waals surface area (Å²) >= 11 is 5.82. The number of hydrogen-bond acceptors (Lipinski definition) is 3. The van der Waals surface area contributed by atoms with Crippen molar-refractivity contribution in [2.45, 2.75) is 59.4 Å². The molecule has 1 saturated heterocycles. The lowest BCUT2D eigenvalue weighted by Crippen LogP contribution is -2.64. The van der Waals surface area contributed by atoms with Crippen molar-refractivity contribution < 1.29 is 14.0 Å². The maximum absolute atomic E-state index is 13.3. The van der Waals surface area contributed by atoms with Crippen LogP contribution in [-0.4, -0.2) is 48.4 Å². The van der Waals surface area contributed by atoms with E-state index in [1.54, 1.807) is 6.07 Å². The Balaban J connectivity index is 0.00000155. The highest BCUT2D eigenvalue weighted by Crippen LogP contribution is 2.51. The van der Waals surface area contributed by atoms with Crippen LogP contribution >= 0.6 is 11.6 Å². The summed E-state index contributed by atoms with van der Waals surface area (Å²) < 4.78 is 13.3. The van der Waals surface area contributed by atoms with Crippen LogP contribution in [-0.2, 0) is 16.0 Å². The first kappa shape index (κ1) is 24.6. The smallest absolute Gasteiger partial charge is 0.234 e. The van der Waals surface area contributed by atoms with Crippen LogP contribution in [0.25, 0.3) is 0 Å². The molecule has 1 aromatic carbocycles. The maximum atomic E-state index is 13.3. The van der Waals surface area contributed by atoms with E-state index in [2.05, 4.69) is 15.5 Å². The molecule has 1 heterocycles. The van der Waals surface area contributed by atoms with Gasteiger partial charge in [-0.25, -0.2) is 4.39 Å². The van der Waals surface area contributed by atoms with Gasteiger partial charge in [0, 0.05) is 30.2 Å². The minimum atomic E-state index is -0.429. The van der Waals surface area contributed by atoms with Crippen LogP contribution in [0.3, 0.4) is 0 Å². The van der Waals surface area contributed by atoms with E-state index < -0.39 is 5.82 Å². The van der Waals surface area contributed by atoms with Crippen LogP contribution in [0.4, 0.5) is 4.39 Å². The average molecular weight is 440 g/mol. The molecule has 2 aliphatic rings.